The summed E-state index contributed by atoms with van der Waals surface area (Å²) >= 11 is 0. The van der Waals surface area contributed by atoms with Crippen LogP contribution in [-0.4, -0.2) is 30.3 Å². The molecule has 108 valence electrons. The molecule has 21 heavy (non-hydrogen) atoms. The lowest BCUT2D eigenvalue weighted by atomic mass is 10.1. The van der Waals surface area contributed by atoms with Crippen LogP contribution in [0.15, 0.2) is 46.0 Å². The largest absolute Gasteiger partial charge is 0.446 e. The molecule has 0 N–H and O–H groups in total. The molecule has 0 spiro atoms. The number of benzene rings is 1. The van der Waals surface area contributed by atoms with Crippen molar-refractivity contribution in [2.75, 3.05) is 19.0 Å². The minimum Gasteiger partial charge on any atom is -0.446 e. The number of fused-ring (bicyclic) bond motifs is 1. The number of hydrogen-bond donors (Lipinski definition) is 0. The summed E-state index contributed by atoms with van der Waals surface area (Å²) in [6.45, 7) is 0. The van der Waals surface area contributed by atoms with E-state index in [4.69, 9.17) is 4.42 Å². The molecule has 7 nitrogen and oxygen atoms in total. The first-order valence-corrected chi connectivity index (χ1v) is 6.39. The van der Waals surface area contributed by atoms with E-state index in [1.165, 1.54) is 12.1 Å². The Bertz CT molecular complexity index is 690. The molecule has 7 heteroatoms. The van der Waals surface area contributed by atoms with Crippen molar-refractivity contribution < 1.29 is 9.34 Å². The summed E-state index contributed by atoms with van der Waals surface area (Å²) in [5.74, 6) is 0.590. The fourth-order valence-corrected chi connectivity index (χ4v) is 2.42. The Morgan fingerprint density at radius 2 is 2.00 bits per heavy atom. The predicted octanol–water partition coefficient (Wildman–Crippen LogP) is 2.93. The molecule has 0 aliphatic carbocycles. The topological polar surface area (TPSA) is 75.1 Å². The van der Waals surface area contributed by atoms with Crippen LogP contribution in [-0.2, 0) is 0 Å². The van der Waals surface area contributed by atoms with Crippen LogP contribution in [0.4, 0.5) is 17.3 Å². The van der Waals surface area contributed by atoms with E-state index in [0.29, 0.717) is 5.88 Å². The van der Waals surface area contributed by atoms with Crippen molar-refractivity contribution in [3.63, 3.8) is 0 Å². The molecular weight excluding hydrogens is 272 g/mol. The minimum absolute atomic E-state index is 0.0677. The van der Waals surface area contributed by atoms with E-state index in [9.17, 15) is 10.1 Å². The monoisotopic (exact) mass is 286 g/mol. The van der Waals surface area contributed by atoms with Crippen LogP contribution in [0, 0.1) is 10.1 Å². The first-order valence-electron chi connectivity index (χ1n) is 6.39. The number of anilines is 1. The molecular formula is C14H14N4O3. The summed E-state index contributed by atoms with van der Waals surface area (Å²) in [6.07, 6.45) is 3.22. The summed E-state index contributed by atoms with van der Waals surface area (Å²) in [5, 5.41) is 10.7. The maximum atomic E-state index is 10.7. The van der Waals surface area contributed by atoms with Gasteiger partial charge in [-0.15, -0.1) is 0 Å². The molecule has 1 atom stereocenters. The Labute approximate surface area is 121 Å². The molecule has 0 bridgehead atoms. The van der Waals surface area contributed by atoms with Crippen molar-refractivity contribution in [1.29, 1.82) is 0 Å². The van der Waals surface area contributed by atoms with Crippen molar-refractivity contribution in [1.82, 2.24) is 4.90 Å². The van der Waals surface area contributed by atoms with E-state index in [0.717, 1.165) is 11.3 Å². The Kier molecular flexibility index (Phi) is 3.19. The molecule has 1 aromatic carbocycles. The fraction of sp³-hybridized carbons (Fsp3) is 0.214. The van der Waals surface area contributed by atoms with Gasteiger partial charge in [-0.25, -0.2) is 4.99 Å². The molecule has 1 aliphatic rings. The van der Waals surface area contributed by atoms with Gasteiger partial charge >= 0.3 is 0 Å². The van der Waals surface area contributed by atoms with Gasteiger partial charge in [0.05, 0.1) is 16.7 Å². The third-order valence-corrected chi connectivity index (χ3v) is 3.36. The van der Waals surface area contributed by atoms with Gasteiger partial charge in [-0.1, -0.05) is 0 Å². The molecule has 3 rings (SSSR count). The molecule has 0 fully saturated rings. The Balaban J connectivity index is 1.99. The first kappa shape index (κ1) is 13.3. The van der Waals surface area contributed by atoms with Gasteiger partial charge in [-0.3, -0.25) is 15.0 Å². The van der Waals surface area contributed by atoms with E-state index in [-0.39, 0.29) is 11.9 Å². The summed E-state index contributed by atoms with van der Waals surface area (Å²) in [4.78, 5) is 18.6. The normalized spacial score (nSPS) is 17.1. The Morgan fingerprint density at radius 1 is 1.29 bits per heavy atom. The van der Waals surface area contributed by atoms with Crippen molar-refractivity contribution in [3.05, 3.63) is 52.3 Å². The van der Waals surface area contributed by atoms with E-state index in [2.05, 4.69) is 4.99 Å². The van der Waals surface area contributed by atoms with E-state index >= 15 is 0 Å². The van der Waals surface area contributed by atoms with Crippen LogP contribution in [0.25, 0.3) is 0 Å². The molecule has 2 heterocycles. The highest BCUT2D eigenvalue weighted by Gasteiger charge is 2.29. The zero-order valence-corrected chi connectivity index (χ0v) is 11.6. The number of aliphatic imine (C=N–C) groups is 1. The van der Waals surface area contributed by atoms with Crippen LogP contribution in [0.2, 0.25) is 0 Å². The summed E-state index contributed by atoms with van der Waals surface area (Å²) in [7, 11) is 3.91. The second-order valence-corrected chi connectivity index (χ2v) is 4.94. The lowest BCUT2D eigenvalue weighted by Gasteiger charge is -2.36. The quantitative estimate of drug-likeness (QED) is 0.640. The number of nitro benzene ring substituents is 1. The van der Waals surface area contributed by atoms with E-state index in [1.54, 1.807) is 24.7 Å². The predicted molar refractivity (Wildman–Crippen MR) is 78.9 cm³/mol. The van der Waals surface area contributed by atoms with E-state index in [1.807, 2.05) is 30.0 Å². The molecule has 0 saturated carbocycles. The molecule has 0 radical (unpaired) electrons. The van der Waals surface area contributed by atoms with Gasteiger partial charge in [0.1, 0.15) is 12.5 Å². The average Bonchev–Trinajstić information content (AvgIpc) is 2.94. The third kappa shape index (κ3) is 2.27. The Morgan fingerprint density at radius 3 is 2.62 bits per heavy atom. The molecule has 2 aromatic rings. The second-order valence-electron chi connectivity index (χ2n) is 4.94. The summed E-state index contributed by atoms with van der Waals surface area (Å²) in [5.41, 5.74) is 1.86. The number of hydrogen-bond acceptors (Lipinski definition) is 6. The van der Waals surface area contributed by atoms with Gasteiger partial charge in [0.2, 0.25) is 5.88 Å². The number of nitro groups is 1. The molecule has 0 saturated heterocycles. The maximum absolute atomic E-state index is 10.7. The lowest BCUT2D eigenvalue weighted by Crippen LogP contribution is -2.38. The minimum atomic E-state index is -0.411. The third-order valence-electron chi connectivity index (χ3n) is 3.36. The standard InChI is InChI=1S/C14H14N4O3/c1-16(2)14-12-7-8-21-13(12)15-9-17(14)10-3-5-11(6-4-10)18(19)20/h3-9,14H,1-2H3. The lowest BCUT2D eigenvalue weighted by molar-refractivity contribution is -0.384. The molecule has 1 aliphatic heterocycles. The fourth-order valence-electron chi connectivity index (χ4n) is 2.42. The van der Waals surface area contributed by atoms with Crippen molar-refractivity contribution in [2.24, 2.45) is 4.99 Å². The van der Waals surface area contributed by atoms with Gasteiger partial charge in [-0.2, -0.15) is 0 Å². The van der Waals surface area contributed by atoms with Crippen LogP contribution in [0.5, 0.6) is 0 Å². The molecule has 1 aromatic heterocycles. The summed E-state index contributed by atoms with van der Waals surface area (Å²) < 4.78 is 5.33. The van der Waals surface area contributed by atoms with Gasteiger partial charge in [-0.05, 0) is 32.3 Å². The zero-order valence-electron chi connectivity index (χ0n) is 11.6. The van der Waals surface area contributed by atoms with E-state index < -0.39 is 4.92 Å². The van der Waals surface area contributed by atoms with Gasteiger partial charge in [0.25, 0.3) is 5.69 Å². The van der Waals surface area contributed by atoms with Gasteiger partial charge < -0.3 is 9.32 Å². The van der Waals surface area contributed by atoms with Crippen LogP contribution in [0.1, 0.15) is 11.7 Å². The number of nitrogens with zero attached hydrogens (tertiary/aromatic N) is 4. The highest BCUT2D eigenvalue weighted by atomic mass is 16.6. The van der Waals surface area contributed by atoms with Crippen LogP contribution >= 0.6 is 0 Å². The first-order chi connectivity index (χ1) is 10.1. The number of non-ortho nitro benzene ring substituents is 1. The smallest absolute Gasteiger partial charge is 0.269 e. The average molecular weight is 286 g/mol. The second kappa shape index (κ2) is 5.02. The van der Waals surface area contributed by atoms with Crippen molar-refractivity contribution in [2.45, 2.75) is 6.17 Å². The molecule has 0 amide bonds. The van der Waals surface area contributed by atoms with Crippen molar-refractivity contribution in [3.8, 4) is 0 Å². The van der Waals surface area contributed by atoms with Gasteiger partial charge in [0, 0.05) is 17.8 Å². The number of furan rings is 1. The molecule has 1 unspecified atom stereocenters. The maximum Gasteiger partial charge on any atom is 0.269 e. The van der Waals surface area contributed by atoms with Crippen LogP contribution in [0.3, 0.4) is 0 Å². The Hall–Kier alpha value is -2.67. The number of rotatable bonds is 3. The van der Waals surface area contributed by atoms with Crippen molar-refractivity contribution >= 4 is 23.6 Å². The highest BCUT2D eigenvalue weighted by molar-refractivity contribution is 5.84. The van der Waals surface area contributed by atoms with Crippen LogP contribution < -0.4 is 4.90 Å². The highest BCUT2D eigenvalue weighted by Crippen LogP contribution is 2.37. The SMILES string of the molecule is CN(C)C1c2ccoc2N=CN1c1ccc([N+](=O)[O-])cc1. The van der Waals surface area contributed by atoms with Gasteiger partial charge in [0.15, 0.2) is 0 Å². The zero-order chi connectivity index (χ0) is 15.0. The summed E-state index contributed by atoms with van der Waals surface area (Å²) in [6, 6.07) is 8.29.